The maximum Gasteiger partial charge on any atom is 0.0501 e. The molecule has 0 aliphatic carbocycles. The number of rotatable bonds is 3. The highest BCUT2D eigenvalue weighted by Crippen LogP contribution is 2.15. The van der Waals surface area contributed by atoms with Crippen LogP contribution < -0.4 is 0 Å². The van der Waals surface area contributed by atoms with Crippen LogP contribution in [-0.2, 0) is 6.42 Å². The van der Waals surface area contributed by atoms with Crippen molar-refractivity contribution in [2.24, 2.45) is 0 Å². The van der Waals surface area contributed by atoms with Crippen LogP contribution in [0.1, 0.15) is 18.1 Å². The van der Waals surface area contributed by atoms with Gasteiger partial charge >= 0.3 is 0 Å². The van der Waals surface area contributed by atoms with Crippen molar-refractivity contribution in [2.45, 2.75) is 20.3 Å². The van der Waals surface area contributed by atoms with Gasteiger partial charge in [0.05, 0.1) is 3.81 Å². The summed E-state index contributed by atoms with van der Waals surface area (Å²) in [5.41, 5.74) is 3.76. The van der Waals surface area contributed by atoms with Crippen LogP contribution in [0.15, 0.2) is 46.3 Å². The van der Waals surface area contributed by atoms with Gasteiger partial charge in [0.2, 0.25) is 0 Å². The van der Waals surface area contributed by atoms with E-state index in [2.05, 4.69) is 79.0 Å². The first-order chi connectivity index (χ1) is 8.01. The van der Waals surface area contributed by atoms with Gasteiger partial charge in [-0.15, -0.1) is 12.6 Å². The van der Waals surface area contributed by atoms with Crippen LogP contribution in [0.25, 0.3) is 0 Å². The third-order valence-corrected chi connectivity index (χ3v) is 3.35. The molecule has 0 heterocycles. The summed E-state index contributed by atoms with van der Waals surface area (Å²) in [5, 5.41) is 0. The van der Waals surface area contributed by atoms with E-state index in [-0.39, 0.29) is 0 Å². The third kappa shape index (κ3) is 8.58. The molecule has 1 aromatic rings. The molecule has 0 saturated carbocycles. The molecule has 0 atom stereocenters. The van der Waals surface area contributed by atoms with Crippen LogP contribution in [0.3, 0.4) is 0 Å². The van der Waals surface area contributed by atoms with Crippen molar-refractivity contribution in [2.75, 3.05) is 5.75 Å². The van der Waals surface area contributed by atoms with Crippen LogP contribution in [0.4, 0.5) is 0 Å². The van der Waals surface area contributed by atoms with E-state index in [1.165, 1.54) is 11.1 Å². The summed E-state index contributed by atoms with van der Waals surface area (Å²) >= 11 is 11.3. The number of hydrogen-bond donors (Lipinski definition) is 2. The molecule has 0 fully saturated rings. The Labute approximate surface area is 124 Å². The average molecular weight is 331 g/mol. The number of allylic oxidation sites excluding steroid dienone is 2. The zero-order chi connectivity index (χ0) is 13.3. The van der Waals surface area contributed by atoms with Gasteiger partial charge in [0, 0.05) is 0 Å². The van der Waals surface area contributed by atoms with Crippen molar-refractivity contribution in [3.05, 3.63) is 57.4 Å². The predicted octanol–water partition coefficient (Wildman–Crippen LogP) is 5.20. The van der Waals surface area contributed by atoms with Crippen molar-refractivity contribution < 1.29 is 0 Å². The molecule has 17 heavy (non-hydrogen) atoms. The molecule has 0 N–H and O–H groups in total. The van der Waals surface area contributed by atoms with Crippen LogP contribution >= 0.6 is 41.2 Å². The lowest BCUT2D eigenvalue weighted by Crippen LogP contribution is -1.84. The van der Waals surface area contributed by atoms with Crippen LogP contribution in [0.2, 0.25) is 0 Å². The van der Waals surface area contributed by atoms with Crippen molar-refractivity contribution in [1.29, 1.82) is 0 Å². The molecule has 0 bridgehead atoms. The first kappa shape index (κ1) is 16.9. The normalized spacial score (nSPS) is 11.1. The third-order valence-electron chi connectivity index (χ3n) is 2.15. The van der Waals surface area contributed by atoms with E-state index >= 15 is 0 Å². The molecular weight excluding hydrogens is 312 g/mol. The maximum atomic E-state index is 4.16. The Balaban J connectivity index is 0.000000325. The lowest BCUT2D eigenvalue weighted by Gasteiger charge is -1.96. The van der Waals surface area contributed by atoms with Gasteiger partial charge in [-0.1, -0.05) is 42.5 Å². The maximum absolute atomic E-state index is 4.16. The number of hydrogen-bond acceptors (Lipinski definition) is 2. The zero-order valence-corrected chi connectivity index (χ0v) is 13.7. The smallest absolute Gasteiger partial charge is 0.0501 e. The summed E-state index contributed by atoms with van der Waals surface area (Å²) in [4.78, 5) is 0. The van der Waals surface area contributed by atoms with E-state index in [0.717, 1.165) is 21.6 Å². The zero-order valence-electron chi connectivity index (χ0n) is 10.3. The van der Waals surface area contributed by atoms with E-state index in [0.29, 0.717) is 0 Å². The minimum atomic E-state index is 0.850. The van der Waals surface area contributed by atoms with E-state index in [1.54, 1.807) is 6.08 Å². The highest BCUT2D eigenvalue weighted by atomic mass is 79.9. The topological polar surface area (TPSA) is 0 Å². The summed E-state index contributed by atoms with van der Waals surface area (Å²) in [6.07, 6.45) is 2.82. The van der Waals surface area contributed by atoms with Crippen molar-refractivity contribution in [1.82, 2.24) is 0 Å². The molecule has 1 aromatic carbocycles. The molecule has 1 rings (SSSR count). The quantitative estimate of drug-likeness (QED) is 0.552. The van der Waals surface area contributed by atoms with Gasteiger partial charge in [0.1, 0.15) is 0 Å². The first-order valence-corrected chi connectivity index (χ1v) is 7.22. The Kier molecular flexibility index (Phi) is 9.79. The molecule has 0 spiro atoms. The molecule has 0 aliphatic heterocycles. The molecule has 94 valence electrons. The van der Waals surface area contributed by atoms with Crippen molar-refractivity contribution >= 4 is 41.2 Å². The second kappa shape index (κ2) is 9.86. The van der Waals surface area contributed by atoms with Crippen molar-refractivity contribution in [3.8, 4) is 0 Å². The predicted molar refractivity (Wildman–Crippen MR) is 89.5 cm³/mol. The number of aryl methyl sites for hydroxylation is 2. The fourth-order valence-corrected chi connectivity index (χ4v) is 1.48. The number of thiol groups is 2. The van der Waals surface area contributed by atoms with Crippen LogP contribution in [-0.4, -0.2) is 5.75 Å². The van der Waals surface area contributed by atoms with Crippen LogP contribution in [0.5, 0.6) is 0 Å². The Morgan fingerprint density at radius 3 is 2.18 bits per heavy atom. The van der Waals surface area contributed by atoms with Gasteiger partial charge in [-0.2, -0.15) is 12.6 Å². The minimum Gasteiger partial charge on any atom is -0.179 e. The molecule has 0 aliphatic rings. The minimum absolute atomic E-state index is 0.850. The van der Waals surface area contributed by atoms with Gasteiger partial charge in [-0.25, -0.2) is 0 Å². The molecule has 0 radical (unpaired) electrons. The van der Waals surface area contributed by atoms with Crippen LogP contribution in [0, 0.1) is 6.92 Å². The average Bonchev–Trinajstić information content (AvgIpc) is 2.32. The molecule has 0 saturated heterocycles. The Hall–Kier alpha value is -0.120. The Morgan fingerprint density at radius 1 is 1.35 bits per heavy atom. The van der Waals surface area contributed by atoms with Crippen molar-refractivity contribution in [3.63, 3.8) is 0 Å². The molecule has 0 nitrogen and oxygen atoms in total. The summed E-state index contributed by atoms with van der Waals surface area (Å²) in [6, 6.07) is 8.59. The number of halogens is 1. The molecular formula is C14H19BrS2. The fourth-order valence-electron chi connectivity index (χ4n) is 0.968. The first-order valence-electron chi connectivity index (χ1n) is 5.35. The molecule has 0 aromatic heterocycles. The fraction of sp³-hybridized carbons (Fsp3) is 0.286. The van der Waals surface area contributed by atoms with E-state index in [1.807, 2.05) is 6.92 Å². The lowest BCUT2D eigenvalue weighted by molar-refractivity contribution is 1.16. The lowest BCUT2D eigenvalue weighted by atomic mass is 10.1. The SMILES string of the molecule is C=C/C(C)=C(\S)Br.Cc1ccc(CCS)cc1. The highest BCUT2D eigenvalue weighted by Gasteiger charge is 1.88. The summed E-state index contributed by atoms with van der Waals surface area (Å²) in [7, 11) is 0. The standard InChI is InChI=1S/C9H12S.C5H7BrS/c1-8-2-4-9(5-3-8)6-7-10;1-3-4(2)5(6)7/h2-5,10H,6-7H2,1H3;3,7H,1H2,2H3/b;5-4-. The summed E-state index contributed by atoms with van der Waals surface area (Å²) in [6.45, 7) is 7.58. The van der Waals surface area contributed by atoms with Gasteiger partial charge in [-0.05, 0) is 53.1 Å². The molecule has 0 amide bonds. The van der Waals surface area contributed by atoms with Gasteiger partial charge in [-0.3, -0.25) is 0 Å². The molecule has 3 heteroatoms. The highest BCUT2D eigenvalue weighted by molar-refractivity contribution is 9.13. The summed E-state index contributed by atoms with van der Waals surface area (Å²) < 4.78 is 0.850. The Morgan fingerprint density at radius 2 is 1.88 bits per heavy atom. The monoisotopic (exact) mass is 330 g/mol. The molecule has 0 unspecified atom stereocenters. The summed E-state index contributed by atoms with van der Waals surface area (Å²) in [5.74, 6) is 0.934. The second-order valence-electron chi connectivity index (χ2n) is 3.64. The second-order valence-corrected chi connectivity index (χ2v) is 5.94. The largest absolute Gasteiger partial charge is 0.179 e. The number of benzene rings is 1. The van der Waals surface area contributed by atoms with Gasteiger partial charge in [0.15, 0.2) is 0 Å². The van der Waals surface area contributed by atoms with Gasteiger partial charge < -0.3 is 0 Å². The van der Waals surface area contributed by atoms with Gasteiger partial charge in [0.25, 0.3) is 0 Å². The van der Waals surface area contributed by atoms with E-state index < -0.39 is 0 Å². The van der Waals surface area contributed by atoms with E-state index in [9.17, 15) is 0 Å². The van der Waals surface area contributed by atoms with E-state index in [4.69, 9.17) is 0 Å². The Bertz CT molecular complexity index is 362.